The van der Waals surface area contributed by atoms with Crippen molar-refractivity contribution in [2.75, 3.05) is 24.7 Å². The lowest BCUT2D eigenvalue weighted by Gasteiger charge is -2.26. The molecule has 2 rings (SSSR count). The lowest BCUT2D eigenvalue weighted by atomic mass is 9.89. The number of hydrogen-bond acceptors (Lipinski definition) is 4. The molecule has 106 valence electrons. The Bertz CT molecular complexity index is 347. The Morgan fingerprint density at radius 1 is 1.17 bits per heavy atom. The highest BCUT2D eigenvalue weighted by Gasteiger charge is 2.27. The first-order valence-corrected chi connectivity index (χ1v) is 8.93. The van der Waals surface area contributed by atoms with Gasteiger partial charge in [-0.05, 0) is 38.0 Å². The zero-order valence-electron chi connectivity index (χ0n) is 11.2. The van der Waals surface area contributed by atoms with Crippen molar-refractivity contribution < 1.29 is 13.2 Å². The van der Waals surface area contributed by atoms with Crippen LogP contribution >= 0.6 is 0 Å². The number of sulfone groups is 1. The summed E-state index contributed by atoms with van der Waals surface area (Å²) in [7, 11) is -2.76. The van der Waals surface area contributed by atoms with Crippen molar-refractivity contribution in [1.82, 2.24) is 5.32 Å². The zero-order valence-corrected chi connectivity index (χ0v) is 12.0. The molecule has 0 aromatic rings. The molecule has 2 fully saturated rings. The van der Waals surface area contributed by atoms with Crippen LogP contribution in [-0.2, 0) is 14.6 Å². The Morgan fingerprint density at radius 3 is 2.50 bits per heavy atom. The van der Waals surface area contributed by atoms with E-state index in [0.29, 0.717) is 24.2 Å². The molecule has 1 N–H and O–H groups in total. The van der Waals surface area contributed by atoms with Crippen LogP contribution in [0, 0.1) is 5.92 Å². The van der Waals surface area contributed by atoms with E-state index in [9.17, 15) is 8.42 Å². The Hall–Kier alpha value is -0.130. The van der Waals surface area contributed by atoms with Crippen molar-refractivity contribution in [1.29, 1.82) is 0 Å². The van der Waals surface area contributed by atoms with Crippen LogP contribution in [0.15, 0.2) is 0 Å². The van der Waals surface area contributed by atoms with Crippen LogP contribution in [0.4, 0.5) is 0 Å². The first-order chi connectivity index (χ1) is 8.55. The van der Waals surface area contributed by atoms with E-state index < -0.39 is 9.84 Å². The van der Waals surface area contributed by atoms with Crippen LogP contribution in [-0.4, -0.2) is 45.2 Å². The number of hydrogen-bond donors (Lipinski definition) is 1. The third-order valence-corrected chi connectivity index (χ3v) is 5.85. The van der Waals surface area contributed by atoms with Crippen molar-refractivity contribution in [3.8, 4) is 0 Å². The average molecular weight is 275 g/mol. The largest absolute Gasteiger partial charge is 0.377 e. The molecular formula is C13H25NO3S. The number of ether oxygens (including phenoxy) is 1. The van der Waals surface area contributed by atoms with Gasteiger partial charge in [0.05, 0.1) is 24.2 Å². The van der Waals surface area contributed by atoms with Gasteiger partial charge in [0.15, 0.2) is 9.84 Å². The molecule has 0 amide bonds. The summed E-state index contributed by atoms with van der Waals surface area (Å²) in [5, 5.41) is 3.28. The summed E-state index contributed by atoms with van der Waals surface area (Å²) in [5.74, 6) is 1.49. The second kappa shape index (κ2) is 6.35. The van der Waals surface area contributed by atoms with Crippen LogP contribution in [0.3, 0.4) is 0 Å². The first-order valence-electron chi connectivity index (χ1n) is 7.10. The normalized spacial score (nSPS) is 35.7. The third kappa shape index (κ3) is 4.52. The van der Waals surface area contributed by atoms with Crippen LogP contribution in [0.2, 0.25) is 0 Å². The van der Waals surface area contributed by atoms with Gasteiger partial charge in [-0.2, -0.15) is 0 Å². The number of nitrogens with one attached hydrogen (secondary N) is 1. The lowest BCUT2D eigenvalue weighted by molar-refractivity contribution is 0.0210. The van der Waals surface area contributed by atoms with Gasteiger partial charge in [0.1, 0.15) is 0 Å². The van der Waals surface area contributed by atoms with Gasteiger partial charge in [-0.1, -0.05) is 6.92 Å². The summed E-state index contributed by atoms with van der Waals surface area (Å²) in [6.45, 7) is 3.78. The zero-order chi connectivity index (χ0) is 13.0. The summed E-state index contributed by atoms with van der Waals surface area (Å²) in [6.07, 6.45) is 6.09. The summed E-state index contributed by atoms with van der Waals surface area (Å²) in [6, 6.07) is 0.143. The fraction of sp³-hybridized carbons (Fsp3) is 1.00. The molecule has 0 aromatic heterocycles. The Labute approximate surface area is 110 Å². The maximum Gasteiger partial charge on any atom is 0.151 e. The van der Waals surface area contributed by atoms with Gasteiger partial charge in [0.2, 0.25) is 0 Å². The van der Waals surface area contributed by atoms with Gasteiger partial charge in [0, 0.05) is 12.6 Å². The third-order valence-electron chi connectivity index (χ3n) is 4.08. The maximum absolute atomic E-state index is 11.3. The Balaban J connectivity index is 1.54. The summed E-state index contributed by atoms with van der Waals surface area (Å²) in [5.41, 5.74) is 0. The van der Waals surface area contributed by atoms with Gasteiger partial charge in [0.25, 0.3) is 0 Å². The molecule has 1 heterocycles. The minimum absolute atomic E-state index is 0.143. The van der Waals surface area contributed by atoms with Gasteiger partial charge < -0.3 is 10.1 Å². The van der Waals surface area contributed by atoms with Gasteiger partial charge in [-0.25, -0.2) is 8.42 Å². The van der Waals surface area contributed by atoms with E-state index in [2.05, 4.69) is 12.2 Å². The molecule has 2 aliphatic rings. The van der Waals surface area contributed by atoms with Crippen molar-refractivity contribution in [3.63, 3.8) is 0 Å². The first kappa shape index (κ1) is 14.3. The highest BCUT2D eigenvalue weighted by Crippen LogP contribution is 2.25. The Morgan fingerprint density at radius 2 is 1.89 bits per heavy atom. The van der Waals surface area contributed by atoms with Gasteiger partial charge in [-0.15, -0.1) is 0 Å². The Kier molecular flexibility index (Phi) is 5.04. The molecule has 1 saturated carbocycles. The molecule has 18 heavy (non-hydrogen) atoms. The van der Waals surface area contributed by atoms with Crippen molar-refractivity contribution in [2.24, 2.45) is 5.92 Å². The van der Waals surface area contributed by atoms with E-state index in [4.69, 9.17) is 4.74 Å². The van der Waals surface area contributed by atoms with E-state index in [1.165, 1.54) is 25.7 Å². The van der Waals surface area contributed by atoms with Crippen LogP contribution in [0.5, 0.6) is 0 Å². The highest BCUT2D eigenvalue weighted by molar-refractivity contribution is 7.91. The maximum atomic E-state index is 11.3. The van der Waals surface area contributed by atoms with Crippen LogP contribution in [0.1, 0.15) is 39.0 Å². The van der Waals surface area contributed by atoms with E-state index in [0.717, 1.165) is 18.9 Å². The molecule has 0 spiro atoms. The molecule has 0 bridgehead atoms. The van der Waals surface area contributed by atoms with E-state index in [1.54, 1.807) is 0 Å². The monoisotopic (exact) mass is 275 g/mol. The summed E-state index contributed by atoms with van der Waals surface area (Å²) in [4.78, 5) is 0. The standard InChI is InChI=1S/C13H25NO3S/c1-11-2-4-13(5-3-11)17-8-7-14-12-6-9-18(15,16)10-12/h11-14H,2-10H2,1H3. The minimum Gasteiger partial charge on any atom is -0.377 e. The SMILES string of the molecule is CC1CCC(OCCNC2CCS(=O)(=O)C2)CC1. The molecule has 1 aliphatic carbocycles. The molecular weight excluding hydrogens is 250 g/mol. The average Bonchev–Trinajstić information content (AvgIpc) is 2.67. The van der Waals surface area contributed by atoms with Gasteiger partial charge >= 0.3 is 0 Å². The molecule has 0 aromatic carbocycles. The van der Waals surface area contributed by atoms with E-state index in [1.807, 2.05) is 0 Å². The summed E-state index contributed by atoms with van der Waals surface area (Å²) < 4.78 is 28.4. The van der Waals surface area contributed by atoms with Crippen LogP contribution < -0.4 is 5.32 Å². The van der Waals surface area contributed by atoms with Crippen molar-refractivity contribution in [2.45, 2.75) is 51.2 Å². The van der Waals surface area contributed by atoms with E-state index in [-0.39, 0.29) is 6.04 Å². The van der Waals surface area contributed by atoms with Crippen molar-refractivity contribution in [3.05, 3.63) is 0 Å². The fourth-order valence-corrected chi connectivity index (χ4v) is 4.55. The quantitative estimate of drug-likeness (QED) is 0.770. The molecule has 0 radical (unpaired) electrons. The number of rotatable bonds is 5. The summed E-state index contributed by atoms with van der Waals surface area (Å²) >= 11 is 0. The minimum atomic E-state index is -2.76. The molecule has 5 heteroatoms. The smallest absolute Gasteiger partial charge is 0.151 e. The van der Waals surface area contributed by atoms with E-state index >= 15 is 0 Å². The lowest BCUT2D eigenvalue weighted by Crippen LogP contribution is -2.34. The topological polar surface area (TPSA) is 55.4 Å². The molecule has 1 atom stereocenters. The predicted molar refractivity (Wildman–Crippen MR) is 72.4 cm³/mol. The fourth-order valence-electron chi connectivity index (χ4n) is 2.84. The molecule has 1 aliphatic heterocycles. The second-order valence-electron chi connectivity index (χ2n) is 5.81. The molecule has 4 nitrogen and oxygen atoms in total. The second-order valence-corrected chi connectivity index (χ2v) is 8.04. The molecule has 1 saturated heterocycles. The molecule has 1 unspecified atom stereocenters. The van der Waals surface area contributed by atoms with Gasteiger partial charge in [-0.3, -0.25) is 0 Å². The highest BCUT2D eigenvalue weighted by atomic mass is 32.2. The van der Waals surface area contributed by atoms with Crippen LogP contribution in [0.25, 0.3) is 0 Å². The van der Waals surface area contributed by atoms with Crippen molar-refractivity contribution >= 4 is 9.84 Å². The predicted octanol–water partition coefficient (Wildman–Crippen LogP) is 1.36.